The molecule has 186 valence electrons. The van der Waals surface area contributed by atoms with Crippen LogP contribution in [0.3, 0.4) is 0 Å². The smallest absolute Gasteiger partial charge is 0.412 e. The first-order valence-corrected chi connectivity index (χ1v) is 10.4. The quantitative estimate of drug-likeness (QED) is 0.297. The van der Waals surface area contributed by atoms with Gasteiger partial charge in [0.15, 0.2) is 6.10 Å². The van der Waals surface area contributed by atoms with Gasteiger partial charge >= 0.3 is 12.2 Å². The van der Waals surface area contributed by atoms with Crippen LogP contribution in [0.4, 0.5) is 32.3 Å². The fourth-order valence-electron chi connectivity index (χ4n) is 2.78. The topological polar surface area (TPSA) is 172 Å². The van der Waals surface area contributed by atoms with Crippen molar-refractivity contribution in [3.05, 3.63) is 99.1 Å². The van der Waals surface area contributed by atoms with E-state index in [2.05, 4.69) is 10.6 Å². The number of hydrogen-bond donors (Lipinski definition) is 2. The van der Waals surface area contributed by atoms with Crippen LogP contribution < -0.4 is 15.4 Å². The number of rotatable bonds is 10. The maximum absolute atomic E-state index is 12.3. The average molecular weight is 496 g/mol. The van der Waals surface area contributed by atoms with Crippen LogP contribution >= 0.6 is 0 Å². The zero-order valence-corrected chi connectivity index (χ0v) is 18.6. The van der Waals surface area contributed by atoms with E-state index in [9.17, 15) is 29.8 Å². The molecule has 0 radical (unpaired) electrons. The molecule has 2 N–H and O–H groups in total. The monoisotopic (exact) mass is 496 g/mol. The lowest BCUT2D eigenvalue weighted by molar-refractivity contribution is -0.385. The Morgan fingerprint density at radius 3 is 1.72 bits per heavy atom. The fraction of sp³-hybridized carbons (Fsp3) is 0.130. The lowest BCUT2D eigenvalue weighted by Gasteiger charge is -2.19. The van der Waals surface area contributed by atoms with Crippen molar-refractivity contribution in [3.63, 3.8) is 0 Å². The molecule has 3 aromatic rings. The number of carbonyl (C=O) groups excluding carboxylic acids is 2. The van der Waals surface area contributed by atoms with Crippen molar-refractivity contribution in [1.29, 1.82) is 0 Å². The minimum Gasteiger partial charge on any atom is -0.490 e. The number of ether oxygens (including phenoxy) is 3. The van der Waals surface area contributed by atoms with Crippen molar-refractivity contribution in [2.75, 3.05) is 23.8 Å². The molecule has 3 rings (SSSR count). The molecule has 0 unspecified atom stereocenters. The van der Waals surface area contributed by atoms with E-state index >= 15 is 0 Å². The van der Waals surface area contributed by atoms with Gasteiger partial charge in [-0.2, -0.15) is 0 Å². The minimum absolute atomic E-state index is 0.139. The largest absolute Gasteiger partial charge is 0.490 e. The minimum atomic E-state index is -1.02. The number of nitrogens with one attached hydrogen (secondary N) is 2. The lowest BCUT2D eigenvalue weighted by atomic mass is 10.3. The first-order valence-electron chi connectivity index (χ1n) is 10.4. The molecule has 0 aromatic heterocycles. The van der Waals surface area contributed by atoms with Gasteiger partial charge in [-0.3, -0.25) is 30.9 Å². The summed E-state index contributed by atoms with van der Waals surface area (Å²) in [5, 5.41) is 26.3. The van der Waals surface area contributed by atoms with E-state index in [4.69, 9.17) is 14.2 Å². The van der Waals surface area contributed by atoms with Crippen molar-refractivity contribution < 1.29 is 33.6 Å². The Hall–Kier alpha value is -5.20. The average Bonchev–Trinajstić information content (AvgIpc) is 2.87. The molecule has 0 saturated carbocycles. The third-order valence-electron chi connectivity index (χ3n) is 4.50. The summed E-state index contributed by atoms with van der Waals surface area (Å²) in [5.74, 6) is 0.497. The van der Waals surface area contributed by atoms with Gasteiger partial charge in [-0.05, 0) is 36.4 Å². The normalized spacial score (nSPS) is 11.0. The van der Waals surface area contributed by atoms with E-state index in [1.807, 2.05) is 0 Å². The number of para-hydroxylation sites is 1. The Morgan fingerprint density at radius 2 is 1.22 bits per heavy atom. The van der Waals surface area contributed by atoms with Crippen LogP contribution in [0.5, 0.6) is 5.75 Å². The molecule has 0 aliphatic heterocycles. The maximum Gasteiger partial charge on any atom is 0.412 e. The molecule has 3 aromatic carbocycles. The summed E-state index contributed by atoms with van der Waals surface area (Å²) in [6, 6.07) is 18.9. The van der Waals surface area contributed by atoms with Crippen molar-refractivity contribution >= 4 is 34.9 Å². The van der Waals surface area contributed by atoms with Gasteiger partial charge in [0.25, 0.3) is 11.4 Å². The summed E-state index contributed by atoms with van der Waals surface area (Å²) < 4.78 is 16.0. The first kappa shape index (κ1) is 25.4. The number of amides is 2. The van der Waals surface area contributed by atoms with Crippen molar-refractivity contribution in [3.8, 4) is 5.75 Å². The molecular weight excluding hydrogens is 476 g/mol. The molecule has 0 spiro atoms. The molecular formula is C23H20N4O9. The summed E-state index contributed by atoms with van der Waals surface area (Å²) in [5.41, 5.74) is 0.236. The fourth-order valence-corrected chi connectivity index (χ4v) is 2.78. The molecule has 1 atom stereocenters. The number of nitro benzene ring substituents is 2. The second-order valence-electron chi connectivity index (χ2n) is 7.11. The highest BCUT2D eigenvalue weighted by Crippen LogP contribution is 2.17. The van der Waals surface area contributed by atoms with Crippen LogP contribution in [0.1, 0.15) is 0 Å². The maximum atomic E-state index is 12.3. The molecule has 0 heterocycles. The van der Waals surface area contributed by atoms with Gasteiger partial charge < -0.3 is 14.2 Å². The molecule has 0 saturated heterocycles. The van der Waals surface area contributed by atoms with E-state index in [1.165, 1.54) is 48.5 Å². The first-order chi connectivity index (χ1) is 17.3. The second-order valence-corrected chi connectivity index (χ2v) is 7.11. The summed E-state index contributed by atoms with van der Waals surface area (Å²) in [6.07, 6.45) is -2.80. The predicted molar refractivity (Wildman–Crippen MR) is 127 cm³/mol. The highest BCUT2D eigenvalue weighted by atomic mass is 16.6. The molecule has 2 amide bonds. The van der Waals surface area contributed by atoms with Crippen LogP contribution in [-0.4, -0.2) is 41.4 Å². The van der Waals surface area contributed by atoms with Gasteiger partial charge in [-0.1, -0.05) is 18.2 Å². The summed E-state index contributed by atoms with van der Waals surface area (Å²) >= 11 is 0. The summed E-state index contributed by atoms with van der Waals surface area (Å²) in [6.45, 7) is -0.526. The van der Waals surface area contributed by atoms with E-state index in [0.717, 1.165) is 0 Å². The molecule has 0 aliphatic rings. The van der Waals surface area contributed by atoms with E-state index in [-0.39, 0.29) is 36.0 Å². The Labute approximate surface area is 203 Å². The van der Waals surface area contributed by atoms with Crippen LogP contribution in [0, 0.1) is 20.2 Å². The Bertz CT molecular complexity index is 1200. The SMILES string of the molecule is O=C(Nc1ccc([N+](=O)[O-])cc1)OC[C@@H](COc1ccccc1)OC(=O)Nc1ccc([N+](=O)[O-])cc1. The zero-order chi connectivity index (χ0) is 25.9. The number of carbonyl (C=O) groups is 2. The van der Waals surface area contributed by atoms with Crippen LogP contribution in [0.25, 0.3) is 0 Å². The van der Waals surface area contributed by atoms with Crippen LogP contribution in [-0.2, 0) is 9.47 Å². The number of hydrogen-bond acceptors (Lipinski definition) is 9. The highest BCUT2D eigenvalue weighted by Gasteiger charge is 2.19. The van der Waals surface area contributed by atoms with Crippen LogP contribution in [0.2, 0.25) is 0 Å². The van der Waals surface area contributed by atoms with Gasteiger partial charge in [0.05, 0.1) is 9.85 Å². The Morgan fingerprint density at radius 1 is 0.722 bits per heavy atom. The number of benzene rings is 3. The summed E-state index contributed by atoms with van der Waals surface area (Å²) in [7, 11) is 0. The van der Waals surface area contributed by atoms with E-state index < -0.39 is 28.1 Å². The second kappa shape index (κ2) is 12.3. The van der Waals surface area contributed by atoms with E-state index in [1.54, 1.807) is 30.3 Å². The number of anilines is 2. The molecule has 36 heavy (non-hydrogen) atoms. The van der Waals surface area contributed by atoms with Gasteiger partial charge in [-0.15, -0.1) is 0 Å². The zero-order valence-electron chi connectivity index (χ0n) is 18.6. The Kier molecular flexibility index (Phi) is 8.70. The predicted octanol–water partition coefficient (Wildman–Crippen LogP) is 4.75. The molecule has 0 fully saturated rings. The van der Waals surface area contributed by atoms with Gasteiger partial charge in [0.2, 0.25) is 0 Å². The molecule has 13 heteroatoms. The molecule has 13 nitrogen and oxygen atoms in total. The van der Waals surface area contributed by atoms with Crippen molar-refractivity contribution in [1.82, 2.24) is 0 Å². The van der Waals surface area contributed by atoms with Gasteiger partial charge in [-0.25, -0.2) is 9.59 Å². The van der Waals surface area contributed by atoms with E-state index in [0.29, 0.717) is 5.75 Å². The number of nitro groups is 2. The van der Waals surface area contributed by atoms with Crippen molar-refractivity contribution in [2.24, 2.45) is 0 Å². The van der Waals surface area contributed by atoms with Gasteiger partial charge in [0, 0.05) is 35.6 Å². The molecule has 0 aliphatic carbocycles. The highest BCUT2D eigenvalue weighted by molar-refractivity contribution is 5.85. The number of nitrogens with zero attached hydrogens (tertiary/aromatic N) is 2. The van der Waals surface area contributed by atoms with Gasteiger partial charge in [0.1, 0.15) is 19.0 Å². The third kappa shape index (κ3) is 7.98. The lowest BCUT2D eigenvalue weighted by Crippen LogP contribution is -2.33. The summed E-state index contributed by atoms with van der Waals surface area (Å²) in [4.78, 5) is 44.8. The Balaban J connectivity index is 1.57. The van der Waals surface area contributed by atoms with Crippen LogP contribution in [0.15, 0.2) is 78.9 Å². The number of non-ortho nitro benzene ring substituents is 2. The van der Waals surface area contributed by atoms with Crippen molar-refractivity contribution in [2.45, 2.75) is 6.10 Å². The molecule has 0 bridgehead atoms. The third-order valence-corrected chi connectivity index (χ3v) is 4.50. The standard InChI is InChI=1S/C23H20N4O9/c28-22(24-16-6-10-18(11-7-16)26(30)31)35-15-21(14-34-20-4-2-1-3-5-20)36-23(29)25-17-8-12-19(13-9-17)27(32)33/h1-13,21H,14-15H2,(H,24,28)(H,25,29)/t21-/m1/s1.